The highest BCUT2D eigenvalue weighted by Crippen LogP contribution is 2.32. The van der Waals surface area contributed by atoms with Crippen LogP contribution >= 0.6 is 11.6 Å². The van der Waals surface area contributed by atoms with Crippen molar-refractivity contribution in [1.29, 1.82) is 0 Å². The van der Waals surface area contributed by atoms with Crippen molar-refractivity contribution in [3.63, 3.8) is 0 Å². The Morgan fingerprint density at radius 3 is 2.29 bits per heavy atom. The third-order valence-electron chi connectivity index (χ3n) is 6.23. The predicted octanol–water partition coefficient (Wildman–Crippen LogP) is 4.41. The van der Waals surface area contributed by atoms with Crippen LogP contribution in [-0.4, -0.2) is 47.0 Å². The summed E-state index contributed by atoms with van der Waals surface area (Å²) >= 11 is 5.83. The second kappa shape index (κ2) is 12.9. The standard InChI is InChI=1S/C27H32ClFN4O7S/c1-17-25(26(36)33(18-9-6-5-7-10-18)32(17)11-8-12-41(37,38)39)31-24(35)16-27(2,3)15-23(34)30-21-13-19(28)20(29)14-22(21)40-4/h5-7,9-10,13-14H,8,11-12,15-16H2,1-4H3,(H,30,34)(H,31,35)(H,37,38,39). The van der Waals surface area contributed by atoms with E-state index in [-0.39, 0.29) is 48.0 Å². The van der Waals surface area contributed by atoms with Gasteiger partial charge in [-0.15, -0.1) is 0 Å². The van der Waals surface area contributed by atoms with Crippen LogP contribution in [0.1, 0.15) is 38.8 Å². The Morgan fingerprint density at radius 2 is 1.71 bits per heavy atom. The first-order chi connectivity index (χ1) is 19.1. The van der Waals surface area contributed by atoms with Crippen molar-refractivity contribution in [2.24, 2.45) is 5.41 Å². The van der Waals surface area contributed by atoms with E-state index < -0.39 is 44.5 Å². The molecule has 0 aliphatic carbocycles. The first-order valence-corrected chi connectivity index (χ1v) is 14.6. The second-order valence-electron chi connectivity index (χ2n) is 10.3. The number of halogens is 2. The summed E-state index contributed by atoms with van der Waals surface area (Å²) in [6.07, 6.45) is -0.192. The lowest BCUT2D eigenvalue weighted by molar-refractivity contribution is -0.120. The minimum absolute atomic E-state index is 0.0108. The van der Waals surface area contributed by atoms with Crippen molar-refractivity contribution in [3.05, 3.63) is 69.4 Å². The Morgan fingerprint density at radius 1 is 1.10 bits per heavy atom. The highest BCUT2D eigenvalue weighted by Gasteiger charge is 2.28. The van der Waals surface area contributed by atoms with Crippen LogP contribution in [0.4, 0.5) is 15.8 Å². The molecule has 222 valence electrons. The largest absolute Gasteiger partial charge is 0.494 e. The van der Waals surface area contributed by atoms with Crippen LogP contribution in [0, 0.1) is 18.2 Å². The van der Waals surface area contributed by atoms with Gasteiger partial charge in [-0.3, -0.25) is 23.6 Å². The molecule has 0 saturated carbocycles. The highest BCUT2D eigenvalue weighted by molar-refractivity contribution is 7.85. The Labute approximate surface area is 242 Å². The Balaban J connectivity index is 1.78. The van der Waals surface area contributed by atoms with Crippen molar-refractivity contribution in [2.75, 3.05) is 23.5 Å². The van der Waals surface area contributed by atoms with Crippen molar-refractivity contribution in [3.8, 4) is 11.4 Å². The zero-order valence-corrected chi connectivity index (χ0v) is 24.6. The monoisotopic (exact) mass is 610 g/mol. The normalized spacial score (nSPS) is 11.8. The maximum Gasteiger partial charge on any atom is 0.295 e. The van der Waals surface area contributed by atoms with Gasteiger partial charge in [-0.2, -0.15) is 8.42 Å². The summed E-state index contributed by atoms with van der Waals surface area (Å²) in [7, 11) is -2.88. The van der Waals surface area contributed by atoms with Crippen LogP contribution in [0.3, 0.4) is 0 Å². The van der Waals surface area contributed by atoms with E-state index >= 15 is 0 Å². The molecule has 0 spiro atoms. The molecule has 14 heteroatoms. The van der Waals surface area contributed by atoms with Crippen molar-refractivity contribution < 1.29 is 31.7 Å². The zero-order chi connectivity index (χ0) is 30.5. The topological polar surface area (TPSA) is 149 Å². The first-order valence-electron chi connectivity index (χ1n) is 12.6. The number of para-hydroxylation sites is 1. The van der Waals surface area contributed by atoms with Gasteiger partial charge in [0, 0.05) is 25.5 Å². The van der Waals surface area contributed by atoms with Gasteiger partial charge in [0.15, 0.2) is 0 Å². The number of nitrogens with one attached hydrogen (secondary N) is 2. The smallest absolute Gasteiger partial charge is 0.295 e. The van der Waals surface area contributed by atoms with E-state index in [1.165, 1.54) is 22.5 Å². The van der Waals surface area contributed by atoms with E-state index in [0.29, 0.717) is 11.4 Å². The molecular weight excluding hydrogens is 579 g/mol. The lowest BCUT2D eigenvalue weighted by Crippen LogP contribution is -2.29. The molecule has 41 heavy (non-hydrogen) atoms. The summed E-state index contributed by atoms with van der Waals surface area (Å²) in [6, 6.07) is 10.9. The summed E-state index contributed by atoms with van der Waals surface area (Å²) in [5.74, 6) is -2.09. The average molecular weight is 611 g/mol. The number of ether oxygens (including phenoxy) is 1. The number of rotatable bonds is 12. The Kier molecular flexibility index (Phi) is 10.0. The molecule has 0 aliphatic heterocycles. The fourth-order valence-electron chi connectivity index (χ4n) is 4.39. The van der Waals surface area contributed by atoms with Crippen molar-refractivity contribution >= 4 is 44.9 Å². The second-order valence-corrected chi connectivity index (χ2v) is 12.2. The van der Waals surface area contributed by atoms with E-state index in [2.05, 4.69) is 10.6 Å². The molecule has 1 heterocycles. The lowest BCUT2D eigenvalue weighted by Gasteiger charge is -2.23. The van der Waals surface area contributed by atoms with Crippen LogP contribution in [0.15, 0.2) is 47.3 Å². The quantitative estimate of drug-likeness (QED) is 0.257. The third-order valence-corrected chi connectivity index (χ3v) is 7.32. The third kappa shape index (κ3) is 8.41. The van der Waals surface area contributed by atoms with E-state index in [9.17, 15) is 27.2 Å². The molecular formula is C27H32ClFN4O7S. The summed E-state index contributed by atoms with van der Waals surface area (Å²) in [5.41, 5.74) is -0.298. The number of aromatic nitrogens is 2. The fourth-order valence-corrected chi connectivity index (χ4v) is 5.05. The van der Waals surface area contributed by atoms with Crippen molar-refractivity contribution in [1.82, 2.24) is 9.36 Å². The number of hydrogen-bond acceptors (Lipinski definition) is 6. The number of carbonyl (C=O) groups is 2. The summed E-state index contributed by atoms with van der Waals surface area (Å²) in [4.78, 5) is 39.2. The number of benzene rings is 2. The molecule has 0 bridgehead atoms. The van der Waals surface area contributed by atoms with Crippen LogP contribution in [0.2, 0.25) is 5.02 Å². The van der Waals surface area contributed by atoms with Gasteiger partial charge in [0.1, 0.15) is 17.3 Å². The van der Waals surface area contributed by atoms with Gasteiger partial charge >= 0.3 is 0 Å². The zero-order valence-electron chi connectivity index (χ0n) is 23.0. The Hall–Kier alpha value is -3.68. The molecule has 0 aliphatic rings. The average Bonchev–Trinajstić information content (AvgIpc) is 3.09. The maximum absolute atomic E-state index is 13.7. The number of amides is 2. The molecule has 3 N–H and O–H groups in total. The van der Waals surface area contributed by atoms with Crippen LogP contribution in [0.25, 0.3) is 5.69 Å². The van der Waals surface area contributed by atoms with Gasteiger partial charge in [0.2, 0.25) is 11.8 Å². The molecule has 0 atom stereocenters. The molecule has 0 saturated heterocycles. The number of carbonyl (C=O) groups excluding carboxylic acids is 2. The van der Waals surface area contributed by atoms with E-state index in [4.69, 9.17) is 20.9 Å². The van der Waals surface area contributed by atoms with Gasteiger partial charge < -0.3 is 15.4 Å². The minimum atomic E-state index is -4.20. The van der Waals surface area contributed by atoms with Gasteiger partial charge in [-0.1, -0.05) is 43.6 Å². The van der Waals surface area contributed by atoms with Crippen molar-refractivity contribution in [2.45, 2.75) is 46.6 Å². The fraction of sp³-hybridized carbons (Fsp3) is 0.370. The number of anilines is 2. The van der Waals surface area contributed by atoms with E-state index in [1.807, 2.05) is 0 Å². The molecule has 3 rings (SSSR count). The molecule has 2 amide bonds. The van der Waals surface area contributed by atoms with Gasteiger partial charge in [0.25, 0.3) is 15.7 Å². The highest BCUT2D eigenvalue weighted by atomic mass is 35.5. The van der Waals surface area contributed by atoms with Gasteiger partial charge in [-0.05, 0) is 37.0 Å². The van der Waals surface area contributed by atoms with Crippen LogP contribution < -0.4 is 20.9 Å². The van der Waals surface area contributed by atoms with Crippen LogP contribution in [0.5, 0.6) is 5.75 Å². The number of hydrogen-bond donors (Lipinski definition) is 3. The van der Waals surface area contributed by atoms with E-state index in [0.717, 1.165) is 6.07 Å². The molecule has 0 unspecified atom stereocenters. The maximum atomic E-state index is 13.7. The van der Waals surface area contributed by atoms with Gasteiger partial charge in [-0.25, -0.2) is 9.07 Å². The molecule has 11 nitrogen and oxygen atoms in total. The molecule has 0 fully saturated rings. The Bertz CT molecular complexity index is 1600. The van der Waals surface area contributed by atoms with Gasteiger partial charge in [0.05, 0.1) is 35.0 Å². The summed E-state index contributed by atoms with van der Waals surface area (Å²) in [6.45, 7) is 5.10. The molecule has 1 aromatic heterocycles. The van der Waals surface area contributed by atoms with E-state index in [1.54, 1.807) is 51.1 Å². The number of methoxy groups -OCH3 is 1. The minimum Gasteiger partial charge on any atom is -0.494 e. The molecule has 3 aromatic rings. The lowest BCUT2D eigenvalue weighted by atomic mass is 9.85. The summed E-state index contributed by atoms with van der Waals surface area (Å²) in [5, 5.41) is 5.08. The SMILES string of the molecule is COc1cc(F)c(Cl)cc1NC(=O)CC(C)(C)CC(=O)Nc1c(C)n(CCCS(=O)(=O)O)n(-c2ccccc2)c1=O. The number of nitrogens with zero attached hydrogens (tertiary/aromatic N) is 2. The predicted molar refractivity (Wildman–Crippen MR) is 154 cm³/mol. The summed E-state index contributed by atoms with van der Waals surface area (Å²) < 4.78 is 53.2. The van der Waals surface area contributed by atoms with Crippen LogP contribution in [-0.2, 0) is 26.3 Å². The molecule has 0 radical (unpaired) electrons. The first kappa shape index (κ1) is 31.8. The molecule has 2 aromatic carbocycles.